The molecule has 1 saturated heterocycles. The molecule has 192 valence electrons. The summed E-state index contributed by atoms with van der Waals surface area (Å²) in [6.07, 6.45) is 1.47. The van der Waals surface area contributed by atoms with E-state index in [1.54, 1.807) is 7.11 Å². The van der Waals surface area contributed by atoms with Gasteiger partial charge in [0.15, 0.2) is 0 Å². The van der Waals surface area contributed by atoms with Crippen LogP contribution >= 0.6 is 7.52 Å². The minimum absolute atomic E-state index is 0.0373. The van der Waals surface area contributed by atoms with Gasteiger partial charge in [0.05, 0.1) is 18.9 Å². The smallest absolute Gasteiger partial charge is 0.277 e. The van der Waals surface area contributed by atoms with Crippen LogP contribution in [0.5, 0.6) is 5.75 Å². The number of nitrogens with zero attached hydrogens (tertiary/aromatic N) is 1. The molecule has 3 rings (SSSR count). The molecule has 0 bridgehead atoms. The molecule has 7 heteroatoms. The Morgan fingerprint density at radius 1 is 1.00 bits per heavy atom. The maximum absolute atomic E-state index is 14.0. The van der Waals surface area contributed by atoms with Gasteiger partial charge >= 0.3 is 0 Å². The summed E-state index contributed by atoms with van der Waals surface area (Å²) in [4.78, 5) is 13.0. The van der Waals surface area contributed by atoms with E-state index < -0.39 is 12.7 Å². The molecular weight excluding hydrogens is 459 g/mol. The van der Waals surface area contributed by atoms with Gasteiger partial charge in [0.2, 0.25) is 0 Å². The Morgan fingerprint density at radius 3 is 2.17 bits per heavy atom. The SMILES string of the molecule is COc1cccc(-c2cccc(C(=O)NC3CCN(P(=O)(OCC(C)(C)C)C(C)(C)C)CC3)c2)c1. The van der Waals surface area contributed by atoms with Gasteiger partial charge in [0.25, 0.3) is 13.4 Å². The largest absolute Gasteiger partial charge is 0.497 e. The summed E-state index contributed by atoms with van der Waals surface area (Å²) in [5.74, 6) is 0.694. The molecule has 2 aromatic carbocycles. The van der Waals surface area contributed by atoms with Gasteiger partial charge in [-0.15, -0.1) is 0 Å². The van der Waals surface area contributed by atoms with Crippen LogP contribution in [0.3, 0.4) is 0 Å². The molecule has 0 aromatic heterocycles. The Morgan fingerprint density at radius 2 is 1.60 bits per heavy atom. The van der Waals surface area contributed by atoms with Crippen LogP contribution in [0.4, 0.5) is 0 Å². The fourth-order valence-electron chi connectivity index (χ4n) is 4.17. The molecule has 1 heterocycles. The zero-order valence-electron chi connectivity index (χ0n) is 22.3. The van der Waals surface area contributed by atoms with E-state index >= 15 is 0 Å². The van der Waals surface area contributed by atoms with Crippen LogP contribution in [0.25, 0.3) is 11.1 Å². The Labute approximate surface area is 210 Å². The number of amides is 1. The number of rotatable bonds is 7. The maximum Gasteiger partial charge on any atom is 0.277 e. The molecule has 35 heavy (non-hydrogen) atoms. The van der Waals surface area contributed by atoms with Gasteiger partial charge in [-0.2, -0.15) is 0 Å². The molecular formula is C28H41N2O4P. The van der Waals surface area contributed by atoms with Crippen molar-refractivity contribution in [3.05, 3.63) is 54.1 Å². The monoisotopic (exact) mass is 500 g/mol. The first-order valence-electron chi connectivity index (χ1n) is 12.4. The van der Waals surface area contributed by atoms with Crippen molar-refractivity contribution in [2.24, 2.45) is 5.41 Å². The predicted octanol–water partition coefficient (Wildman–Crippen LogP) is 6.61. The lowest BCUT2D eigenvalue weighted by Crippen LogP contribution is -2.45. The summed E-state index contributed by atoms with van der Waals surface area (Å²) >= 11 is 0. The predicted molar refractivity (Wildman–Crippen MR) is 143 cm³/mol. The molecule has 6 nitrogen and oxygen atoms in total. The highest BCUT2D eigenvalue weighted by Gasteiger charge is 2.45. The van der Waals surface area contributed by atoms with Crippen molar-refractivity contribution in [3.63, 3.8) is 0 Å². The van der Waals surface area contributed by atoms with Crippen molar-refractivity contribution in [1.82, 2.24) is 9.99 Å². The van der Waals surface area contributed by atoms with Crippen molar-refractivity contribution >= 4 is 13.4 Å². The van der Waals surface area contributed by atoms with Crippen molar-refractivity contribution < 1.29 is 18.6 Å². The molecule has 1 aliphatic heterocycles. The summed E-state index contributed by atoms with van der Waals surface area (Å²) < 4.78 is 27.5. The lowest BCUT2D eigenvalue weighted by Gasteiger charge is -2.43. The number of nitrogens with one attached hydrogen (secondary N) is 1. The van der Waals surface area contributed by atoms with Crippen LogP contribution in [0.2, 0.25) is 0 Å². The Balaban J connectivity index is 1.64. The van der Waals surface area contributed by atoms with Crippen LogP contribution < -0.4 is 10.1 Å². The zero-order chi connectivity index (χ0) is 25.9. The molecule has 1 unspecified atom stereocenters. The number of benzene rings is 2. The topological polar surface area (TPSA) is 67.9 Å². The second-order valence-electron chi connectivity index (χ2n) is 11.5. The second kappa shape index (κ2) is 10.9. The minimum atomic E-state index is -3.03. The normalized spacial score (nSPS) is 17.6. The van der Waals surface area contributed by atoms with Gasteiger partial charge in [-0.05, 0) is 74.4 Å². The van der Waals surface area contributed by atoms with Crippen molar-refractivity contribution in [3.8, 4) is 16.9 Å². The van der Waals surface area contributed by atoms with Crippen molar-refractivity contribution in [1.29, 1.82) is 0 Å². The van der Waals surface area contributed by atoms with Crippen LogP contribution in [-0.2, 0) is 9.09 Å². The van der Waals surface area contributed by atoms with Gasteiger partial charge < -0.3 is 14.6 Å². The molecule has 1 aliphatic rings. The van der Waals surface area contributed by atoms with E-state index in [-0.39, 0.29) is 17.4 Å². The first-order chi connectivity index (χ1) is 16.3. The Bertz CT molecular complexity index is 1060. The van der Waals surface area contributed by atoms with Crippen LogP contribution in [0.1, 0.15) is 64.7 Å². The summed E-state index contributed by atoms with van der Waals surface area (Å²) in [5, 5.41) is 2.71. The molecule has 0 radical (unpaired) electrons. The van der Waals surface area contributed by atoms with Crippen molar-refractivity contribution in [2.75, 3.05) is 26.8 Å². The fourth-order valence-corrected chi connectivity index (χ4v) is 6.88. The first kappa shape index (κ1) is 27.4. The van der Waals surface area contributed by atoms with Gasteiger partial charge in [0, 0.05) is 24.7 Å². The maximum atomic E-state index is 14.0. The molecule has 1 fully saturated rings. The number of methoxy groups -OCH3 is 1. The van der Waals surface area contributed by atoms with E-state index in [1.807, 2.05) is 74.0 Å². The van der Waals surface area contributed by atoms with Gasteiger partial charge in [-0.3, -0.25) is 9.36 Å². The number of ether oxygens (including phenoxy) is 1. The average molecular weight is 501 g/mol. The molecule has 2 aromatic rings. The van der Waals surface area contributed by atoms with Gasteiger partial charge in [-0.25, -0.2) is 4.67 Å². The summed E-state index contributed by atoms with van der Waals surface area (Å²) in [5.41, 5.74) is 2.53. The molecule has 0 spiro atoms. The fraction of sp³-hybridized carbons (Fsp3) is 0.536. The highest BCUT2D eigenvalue weighted by Crippen LogP contribution is 2.62. The number of hydrogen-bond acceptors (Lipinski definition) is 4. The first-order valence-corrected chi connectivity index (χ1v) is 14.0. The van der Waals surface area contributed by atoms with E-state index in [4.69, 9.17) is 9.26 Å². The highest BCUT2D eigenvalue weighted by molar-refractivity contribution is 7.58. The van der Waals surface area contributed by atoms with Gasteiger partial charge in [0.1, 0.15) is 5.75 Å². The van der Waals surface area contributed by atoms with Crippen molar-refractivity contribution in [2.45, 2.75) is 65.6 Å². The minimum Gasteiger partial charge on any atom is -0.497 e. The summed E-state index contributed by atoms with van der Waals surface area (Å²) in [6.45, 7) is 13.9. The van der Waals surface area contributed by atoms with E-state index in [0.717, 1.165) is 29.7 Å². The van der Waals surface area contributed by atoms with Crippen LogP contribution in [-0.4, -0.2) is 48.6 Å². The van der Waals surface area contributed by atoms with Crippen LogP contribution in [0.15, 0.2) is 48.5 Å². The third kappa shape index (κ3) is 6.97. The zero-order valence-corrected chi connectivity index (χ0v) is 23.2. The lowest BCUT2D eigenvalue weighted by atomic mass is 9.99. The second-order valence-corrected chi connectivity index (χ2v) is 14.7. The lowest BCUT2D eigenvalue weighted by molar-refractivity contribution is 0.0919. The third-order valence-electron chi connectivity index (χ3n) is 6.23. The van der Waals surface area contributed by atoms with E-state index in [2.05, 4.69) is 26.1 Å². The Kier molecular flexibility index (Phi) is 8.52. The third-order valence-corrected chi connectivity index (χ3v) is 9.55. The number of hydrogen-bond donors (Lipinski definition) is 1. The molecule has 0 saturated carbocycles. The summed E-state index contributed by atoms with van der Waals surface area (Å²) in [6, 6.07) is 15.5. The van der Waals surface area contributed by atoms with Gasteiger partial charge in [-0.1, -0.05) is 45.0 Å². The number of carbonyl (C=O) groups excluding carboxylic acids is 1. The highest BCUT2D eigenvalue weighted by atomic mass is 31.2. The number of carbonyl (C=O) groups is 1. The summed E-state index contributed by atoms with van der Waals surface area (Å²) in [7, 11) is -1.39. The quantitative estimate of drug-likeness (QED) is 0.433. The van der Waals surface area contributed by atoms with E-state index in [0.29, 0.717) is 25.3 Å². The number of piperidine rings is 1. The molecule has 1 N–H and O–H groups in total. The molecule has 0 aliphatic carbocycles. The molecule has 1 atom stereocenters. The standard InChI is InChI=1S/C28H41N2O4P/c1-27(2,3)20-34-35(32,28(4,5)6)30-16-14-24(15-17-30)29-26(31)23-12-8-10-21(18-23)22-11-9-13-25(19-22)33-7/h8-13,18-19,24H,14-17,20H2,1-7H3,(H,29,31). The van der Waals surface area contributed by atoms with Crippen LogP contribution in [0, 0.1) is 5.41 Å². The Hall–Kier alpha value is -2.14. The van der Waals surface area contributed by atoms with E-state index in [1.165, 1.54) is 0 Å². The average Bonchev–Trinajstić information content (AvgIpc) is 2.82. The van der Waals surface area contributed by atoms with E-state index in [9.17, 15) is 9.36 Å². The molecule has 1 amide bonds.